The fourth-order valence-electron chi connectivity index (χ4n) is 3.32. The lowest BCUT2D eigenvalue weighted by Gasteiger charge is -2.26. The molecule has 4 rings (SSSR count). The van der Waals surface area contributed by atoms with Crippen molar-refractivity contribution in [1.29, 1.82) is 0 Å². The summed E-state index contributed by atoms with van der Waals surface area (Å²) in [7, 11) is 1.92. The molecule has 0 bridgehead atoms. The second kappa shape index (κ2) is 7.43. The lowest BCUT2D eigenvalue weighted by molar-refractivity contribution is 0.0323. The number of rotatable bonds is 5. The van der Waals surface area contributed by atoms with E-state index in [0.29, 0.717) is 6.61 Å². The summed E-state index contributed by atoms with van der Waals surface area (Å²) in [6, 6.07) is 10.2. The van der Waals surface area contributed by atoms with Crippen LogP contribution in [0.5, 0.6) is 5.75 Å². The minimum atomic E-state index is 0.655. The Morgan fingerprint density at radius 2 is 2.00 bits per heavy atom. The van der Waals surface area contributed by atoms with Crippen LogP contribution in [-0.4, -0.2) is 59.1 Å². The van der Waals surface area contributed by atoms with E-state index in [4.69, 9.17) is 14.5 Å². The Bertz CT molecular complexity index is 900. The highest BCUT2D eigenvalue weighted by Gasteiger charge is 2.13. The molecule has 1 aliphatic rings. The predicted octanol–water partition coefficient (Wildman–Crippen LogP) is 2.65. The van der Waals surface area contributed by atoms with E-state index in [1.54, 1.807) is 4.68 Å². The number of morpholine rings is 1. The predicted molar refractivity (Wildman–Crippen MR) is 101 cm³/mol. The first-order valence-electron chi connectivity index (χ1n) is 9.04. The van der Waals surface area contributed by atoms with Crippen molar-refractivity contribution in [1.82, 2.24) is 19.7 Å². The number of aromatic nitrogens is 3. The van der Waals surface area contributed by atoms with Crippen molar-refractivity contribution in [3.8, 4) is 17.0 Å². The molecule has 1 saturated heterocycles. The largest absolute Gasteiger partial charge is 0.492 e. The van der Waals surface area contributed by atoms with Gasteiger partial charge in [-0.1, -0.05) is 12.1 Å². The number of nitrogens with zero attached hydrogens (tertiary/aromatic N) is 4. The molecule has 3 heterocycles. The van der Waals surface area contributed by atoms with Gasteiger partial charge in [-0.05, 0) is 30.7 Å². The first-order valence-corrected chi connectivity index (χ1v) is 9.04. The highest BCUT2D eigenvalue weighted by molar-refractivity contribution is 5.82. The van der Waals surface area contributed by atoms with Gasteiger partial charge < -0.3 is 9.47 Å². The van der Waals surface area contributed by atoms with Crippen LogP contribution in [0.3, 0.4) is 0 Å². The molecule has 6 heteroatoms. The van der Waals surface area contributed by atoms with E-state index in [2.05, 4.69) is 29.1 Å². The molecule has 0 aliphatic carbocycles. The van der Waals surface area contributed by atoms with E-state index in [1.165, 1.54) is 5.56 Å². The number of hydrogen-bond donors (Lipinski definition) is 0. The smallest absolute Gasteiger partial charge is 0.181 e. The Labute approximate surface area is 153 Å². The van der Waals surface area contributed by atoms with Gasteiger partial charge in [-0.15, -0.1) is 0 Å². The third-order valence-corrected chi connectivity index (χ3v) is 4.75. The summed E-state index contributed by atoms with van der Waals surface area (Å²) in [4.78, 5) is 7.12. The van der Waals surface area contributed by atoms with E-state index in [0.717, 1.165) is 60.9 Å². The Kier molecular flexibility index (Phi) is 4.86. The van der Waals surface area contributed by atoms with Crippen molar-refractivity contribution in [3.63, 3.8) is 0 Å². The number of hydrogen-bond acceptors (Lipinski definition) is 5. The Morgan fingerprint density at radius 3 is 2.85 bits per heavy atom. The summed E-state index contributed by atoms with van der Waals surface area (Å²) in [5.41, 5.74) is 3.84. The zero-order valence-electron chi connectivity index (χ0n) is 15.3. The maximum Gasteiger partial charge on any atom is 0.181 e. The number of para-hydroxylation sites is 1. The van der Waals surface area contributed by atoms with Crippen LogP contribution in [-0.2, 0) is 11.8 Å². The van der Waals surface area contributed by atoms with E-state index in [1.807, 2.05) is 31.4 Å². The summed E-state index contributed by atoms with van der Waals surface area (Å²) in [6.07, 6.45) is 2.01. The molecular formula is C20H24N4O2. The molecule has 1 aliphatic heterocycles. The Morgan fingerprint density at radius 1 is 1.19 bits per heavy atom. The van der Waals surface area contributed by atoms with Crippen LogP contribution in [0.1, 0.15) is 5.56 Å². The zero-order chi connectivity index (χ0) is 17.9. The van der Waals surface area contributed by atoms with Crippen LogP contribution in [0.2, 0.25) is 0 Å². The van der Waals surface area contributed by atoms with Gasteiger partial charge in [-0.3, -0.25) is 9.58 Å². The molecule has 1 fully saturated rings. The molecule has 136 valence electrons. The van der Waals surface area contributed by atoms with Crippen LogP contribution in [0.4, 0.5) is 0 Å². The van der Waals surface area contributed by atoms with Crippen molar-refractivity contribution in [2.24, 2.45) is 7.05 Å². The molecule has 2 aromatic heterocycles. The van der Waals surface area contributed by atoms with Crippen LogP contribution in [0.25, 0.3) is 22.3 Å². The van der Waals surface area contributed by atoms with Gasteiger partial charge in [0.2, 0.25) is 0 Å². The van der Waals surface area contributed by atoms with Crippen molar-refractivity contribution in [2.75, 3.05) is 39.5 Å². The summed E-state index contributed by atoms with van der Waals surface area (Å²) in [5, 5.41) is 5.54. The number of benzene rings is 1. The molecule has 0 saturated carbocycles. The van der Waals surface area contributed by atoms with Crippen molar-refractivity contribution in [3.05, 3.63) is 42.1 Å². The van der Waals surface area contributed by atoms with Crippen molar-refractivity contribution in [2.45, 2.75) is 6.92 Å². The standard InChI is InChI=1S/C20H24N4O2/c1-15-13-18(21-20-17(15)14-23(2)22-20)16-5-3-4-6-19(16)26-12-9-24-7-10-25-11-8-24/h3-6,13-14H,7-12H2,1-2H3. The molecule has 0 radical (unpaired) electrons. The van der Waals surface area contributed by atoms with Gasteiger partial charge in [-0.25, -0.2) is 4.98 Å². The third-order valence-electron chi connectivity index (χ3n) is 4.75. The maximum absolute atomic E-state index is 6.10. The van der Waals surface area contributed by atoms with Gasteiger partial charge in [0.25, 0.3) is 0 Å². The van der Waals surface area contributed by atoms with Crippen LogP contribution < -0.4 is 4.74 Å². The number of pyridine rings is 1. The topological polar surface area (TPSA) is 52.4 Å². The highest BCUT2D eigenvalue weighted by Crippen LogP contribution is 2.31. The second-order valence-electron chi connectivity index (χ2n) is 6.66. The molecule has 26 heavy (non-hydrogen) atoms. The third kappa shape index (κ3) is 3.57. The van der Waals surface area contributed by atoms with Gasteiger partial charge >= 0.3 is 0 Å². The maximum atomic E-state index is 6.10. The molecule has 0 atom stereocenters. The summed E-state index contributed by atoms with van der Waals surface area (Å²) < 4.78 is 13.3. The minimum Gasteiger partial charge on any atom is -0.492 e. The molecule has 0 spiro atoms. The van der Waals surface area contributed by atoms with Gasteiger partial charge in [0.05, 0.1) is 18.9 Å². The van der Waals surface area contributed by atoms with Gasteiger partial charge in [-0.2, -0.15) is 5.10 Å². The molecule has 0 amide bonds. The zero-order valence-corrected chi connectivity index (χ0v) is 15.3. The SMILES string of the molecule is Cc1cc(-c2ccccc2OCCN2CCOCC2)nc2nn(C)cc12. The average Bonchev–Trinajstić information content (AvgIpc) is 3.04. The number of fused-ring (bicyclic) bond motifs is 1. The summed E-state index contributed by atoms with van der Waals surface area (Å²) in [5.74, 6) is 0.864. The number of aryl methyl sites for hydroxylation is 2. The average molecular weight is 352 g/mol. The molecular weight excluding hydrogens is 328 g/mol. The summed E-state index contributed by atoms with van der Waals surface area (Å²) >= 11 is 0. The molecule has 1 aromatic carbocycles. The lowest BCUT2D eigenvalue weighted by Crippen LogP contribution is -2.38. The van der Waals surface area contributed by atoms with E-state index < -0.39 is 0 Å². The molecule has 3 aromatic rings. The fourth-order valence-corrected chi connectivity index (χ4v) is 3.32. The fraction of sp³-hybridized carbons (Fsp3) is 0.400. The van der Waals surface area contributed by atoms with Crippen LogP contribution >= 0.6 is 0 Å². The molecule has 0 N–H and O–H groups in total. The van der Waals surface area contributed by atoms with Gasteiger partial charge in [0.1, 0.15) is 12.4 Å². The lowest BCUT2D eigenvalue weighted by atomic mass is 10.1. The monoisotopic (exact) mass is 352 g/mol. The normalized spacial score (nSPS) is 15.5. The minimum absolute atomic E-state index is 0.655. The van der Waals surface area contributed by atoms with Crippen LogP contribution in [0, 0.1) is 6.92 Å². The Hall–Kier alpha value is -2.44. The van der Waals surface area contributed by atoms with Crippen molar-refractivity contribution >= 4 is 11.0 Å². The number of ether oxygens (including phenoxy) is 2. The highest BCUT2D eigenvalue weighted by atomic mass is 16.5. The van der Waals surface area contributed by atoms with Crippen LogP contribution in [0.15, 0.2) is 36.5 Å². The first kappa shape index (κ1) is 17.0. The van der Waals surface area contributed by atoms with E-state index >= 15 is 0 Å². The first-order chi connectivity index (χ1) is 12.7. The summed E-state index contributed by atoms with van der Waals surface area (Å²) in [6.45, 7) is 7.22. The quantitative estimate of drug-likeness (QED) is 0.707. The van der Waals surface area contributed by atoms with Gasteiger partial charge in [0, 0.05) is 43.8 Å². The molecule has 0 unspecified atom stereocenters. The van der Waals surface area contributed by atoms with E-state index in [9.17, 15) is 0 Å². The van der Waals surface area contributed by atoms with Crippen molar-refractivity contribution < 1.29 is 9.47 Å². The second-order valence-corrected chi connectivity index (χ2v) is 6.66. The Balaban J connectivity index is 1.55. The molecule has 6 nitrogen and oxygen atoms in total. The van der Waals surface area contributed by atoms with E-state index in [-0.39, 0.29) is 0 Å². The van der Waals surface area contributed by atoms with Gasteiger partial charge in [0.15, 0.2) is 5.65 Å².